The molecule has 0 aromatic heterocycles. The maximum atomic E-state index is 12.0. The van der Waals surface area contributed by atoms with Gasteiger partial charge in [-0.15, -0.1) is 12.4 Å². The van der Waals surface area contributed by atoms with E-state index >= 15 is 0 Å². The highest BCUT2D eigenvalue weighted by atomic mass is 35.5. The van der Waals surface area contributed by atoms with Crippen molar-refractivity contribution < 1.29 is 9.53 Å². The second-order valence-electron chi connectivity index (χ2n) is 5.24. The highest BCUT2D eigenvalue weighted by Crippen LogP contribution is 2.32. The number of rotatable bonds is 3. The van der Waals surface area contributed by atoms with Crippen molar-refractivity contribution in [2.45, 2.75) is 24.9 Å². The topological polar surface area (TPSA) is 50.4 Å². The summed E-state index contributed by atoms with van der Waals surface area (Å²) < 4.78 is 5.45. The zero-order chi connectivity index (χ0) is 13.1. The van der Waals surface area contributed by atoms with Crippen molar-refractivity contribution >= 4 is 18.3 Å². The molecule has 5 heteroatoms. The SMILES string of the molecule is Cl.O=C(NCC1CCc2ccccc21)C1CNCCO1. The summed E-state index contributed by atoms with van der Waals surface area (Å²) in [5.74, 6) is 0.466. The third-order valence-electron chi connectivity index (χ3n) is 4.00. The lowest BCUT2D eigenvalue weighted by atomic mass is 10.0. The molecule has 2 N–H and O–H groups in total. The van der Waals surface area contributed by atoms with Crippen molar-refractivity contribution in [1.82, 2.24) is 10.6 Å². The maximum absolute atomic E-state index is 12.0. The molecule has 1 aromatic rings. The van der Waals surface area contributed by atoms with Crippen LogP contribution in [0.15, 0.2) is 24.3 Å². The summed E-state index contributed by atoms with van der Waals surface area (Å²) >= 11 is 0. The Morgan fingerprint density at radius 3 is 3.05 bits per heavy atom. The minimum absolute atomic E-state index is 0. The number of morpholine rings is 1. The number of benzene rings is 1. The Morgan fingerprint density at radius 1 is 1.40 bits per heavy atom. The maximum Gasteiger partial charge on any atom is 0.250 e. The highest BCUT2D eigenvalue weighted by Gasteiger charge is 2.25. The zero-order valence-electron chi connectivity index (χ0n) is 11.4. The van der Waals surface area contributed by atoms with Crippen molar-refractivity contribution in [3.05, 3.63) is 35.4 Å². The molecule has 1 fully saturated rings. The number of carbonyl (C=O) groups excluding carboxylic acids is 1. The molecule has 2 unspecified atom stereocenters. The first-order chi connectivity index (χ1) is 9.34. The summed E-state index contributed by atoms with van der Waals surface area (Å²) in [4.78, 5) is 12.0. The van der Waals surface area contributed by atoms with Gasteiger partial charge in [0, 0.05) is 25.6 Å². The number of halogens is 1. The van der Waals surface area contributed by atoms with Crippen molar-refractivity contribution in [3.63, 3.8) is 0 Å². The van der Waals surface area contributed by atoms with Gasteiger partial charge in [0.05, 0.1) is 6.61 Å². The van der Waals surface area contributed by atoms with E-state index in [9.17, 15) is 4.79 Å². The van der Waals surface area contributed by atoms with Gasteiger partial charge in [-0.25, -0.2) is 0 Å². The van der Waals surface area contributed by atoms with Crippen LogP contribution >= 0.6 is 12.4 Å². The molecular formula is C15H21ClN2O2. The molecule has 2 aliphatic rings. The van der Waals surface area contributed by atoms with E-state index in [0.717, 1.165) is 25.9 Å². The first-order valence-corrected chi connectivity index (χ1v) is 7.02. The fourth-order valence-electron chi connectivity index (χ4n) is 2.93. The smallest absolute Gasteiger partial charge is 0.250 e. The highest BCUT2D eigenvalue weighted by molar-refractivity contribution is 5.85. The number of hydrogen-bond acceptors (Lipinski definition) is 3. The van der Waals surface area contributed by atoms with Crippen LogP contribution in [0, 0.1) is 0 Å². The molecule has 1 aliphatic heterocycles. The molecule has 0 radical (unpaired) electrons. The summed E-state index contributed by atoms with van der Waals surface area (Å²) in [5.41, 5.74) is 2.82. The van der Waals surface area contributed by atoms with Crippen LogP contribution in [0.5, 0.6) is 0 Å². The number of hydrogen-bond donors (Lipinski definition) is 2. The first-order valence-electron chi connectivity index (χ1n) is 7.02. The zero-order valence-corrected chi connectivity index (χ0v) is 12.2. The Bertz CT molecular complexity index is 461. The number of nitrogens with one attached hydrogen (secondary N) is 2. The summed E-state index contributed by atoms with van der Waals surface area (Å²) in [5, 5.41) is 6.20. The molecule has 110 valence electrons. The second-order valence-corrected chi connectivity index (χ2v) is 5.24. The van der Waals surface area contributed by atoms with Crippen LogP contribution in [0.1, 0.15) is 23.5 Å². The van der Waals surface area contributed by atoms with Gasteiger partial charge in [-0.2, -0.15) is 0 Å². The molecule has 0 saturated carbocycles. The molecule has 1 aliphatic carbocycles. The van der Waals surface area contributed by atoms with Gasteiger partial charge in [0.15, 0.2) is 0 Å². The van der Waals surface area contributed by atoms with E-state index in [4.69, 9.17) is 4.74 Å². The number of ether oxygens (including phenoxy) is 1. The minimum atomic E-state index is -0.328. The fourth-order valence-corrected chi connectivity index (χ4v) is 2.93. The van der Waals surface area contributed by atoms with Crippen LogP contribution in [-0.2, 0) is 16.0 Å². The third-order valence-corrected chi connectivity index (χ3v) is 4.00. The van der Waals surface area contributed by atoms with Crippen LogP contribution in [0.3, 0.4) is 0 Å². The Morgan fingerprint density at radius 2 is 2.25 bits per heavy atom. The second kappa shape index (κ2) is 7.07. The lowest BCUT2D eigenvalue weighted by Gasteiger charge is -2.23. The molecule has 0 spiro atoms. The van der Waals surface area contributed by atoms with E-state index in [-0.39, 0.29) is 24.4 Å². The Labute approximate surface area is 125 Å². The molecule has 0 bridgehead atoms. The van der Waals surface area contributed by atoms with Crippen molar-refractivity contribution in [2.24, 2.45) is 0 Å². The number of amides is 1. The van der Waals surface area contributed by atoms with E-state index in [0.29, 0.717) is 19.1 Å². The van der Waals surface area contributed by atoms with Crippen molar-refractivity contribution in [1.29, 1.82) is 0 Å². The summed E-state index contributed by atoms with van der Waals surface area (Å²) in [6, 6.07) is 8.53. The van der Waals surface area contributed by atoms with Gasteiger partial charge < -0.3 is 15.4 Å². The van der Waals surface area contributed by atoms with E-state index in [1.807, 2.05) is 0 Å². The predicted molar refractivity (Wildman–Crippen MR) is 80.4 cm³/mol. The normalized spacial score (nSPS) is 24.6. The molecular weight excluding hydrogens is 276 g/mol. The van der Waals surface area contributed by atoms with Crippen LogP contribution in [-0.4, -0.2) is 38.3 Å². The molecule has 2 atom stereocenters. The Balaban J connectivity index is 0.00000147. The quantitative estimate of drug-likeness (QED) is 0.882. The van der Waals surface area contributed by atoms with Gasteiger partial charge in [-0.1, -0.05) is 24.3 Å². The summed E-state index contributed by atoms with van der Waals surface area (Å²) in [6.45, 7) is 2.78. The van der Waals surface area contributed by atoms with Gasteiger partial charge in [-0.3, -0.25) is 4.79 Å². The van der Waals surface area contributed by atoms with Crippen LogP contribution in [0.4, 0.5) is 0 Å². The average molecular weight is 297 g/mol. The summed E-state index contributed by atoms with van der Waals surface area (Å²) in [7, 11) is 0. The largest absolute Gasteiger partial charge is 0.366 e. The van der Waals surface area contributed by atoms with Gasteiger partial charge in [0.2, 0.25) is 5.91 Å². The molecule has 4 nitrogen and oxygen atoms in total. The molecule has 20 heavy (non-hydrogen) atoms. The summed E-state index contributed by atoms with van der Waals surface area (Å²) in [6.07, 6.45) is 1.92. The van der Waals surface area contributed by atoms with E-state index in [1.165, 1.54) is 11.1 Å². The van der Waals surface area contributed by atoms with E-state index in [2.05, 4.69) is 34.9 Å². The minimum Gasteiger partial charge on any atom is -0.366 e. The van der Waals surface area contributed by atoms with Crippen LogP contribution < -0.4 is 10.6 Å². The molecule has 1 aromatic carbocycles. The lowest BCUT2D eigenvalue weighted by Crippen LogP contribution is -2.48. The number of fused-ring (bicyclic) bond motifs is 1. The number of aryl methyl sites for hydroxylation is 1. The monoisotopic (exact) mass is 296 g/mol. The first kappa shape index (κ1) is 15.3. The van der Waals surface area contributed by atoms with E-state index in [1.54, 1.807) is 0 Å². The Kier molecular flexibility index (Phi) is 5.40. The van der Waals surface area contributed by atoms with Gasteiger partial charge in [-0.05, 0) is 24.0 Å². The Hall–Kier alpha value is -1.10. The van der Waals surface area contributed by atoms with Crippen molar-refractivity contribution in [3.8, 4) is 0 Å². The fraction of sp³-hybridized carbons (Fsp3) is 0.533. The molecule has 1 heterocycles. The van der Waals surface area contributed by atoms with Crippen molar-refractivity contribution in [2.75, 3.05) is 26.2 Å². The molecule has 1 amide bonds. The number of carbonyl (C=O) groups is 1. The van der Waals surface area contributed by atoms with Gasteiger partial charge in [0.25, 0.3) is 0 Å². The predicted octanol–water partition coefficient (Wildman–Crippen LogP) is 1.24. The lowest BCUT2D eigenvalue weighted by molar-refractivity contribution is -0.134. The molecule has 1 saturated heterocycles. The average Bonchev–Trinajstić information content (AvgIpc) is 2.89. The van der Waals surface area contributed by atoms with E-state index < -0.39 is 0 Å². The standard InChI is InChI=1S/C15H20N2O2.ClH/c18-15(14-10-16-7-8-19-14)17-9-12-6-5-11-3-1-2-4-13(11)12;/h1-4,12,14,16H,5-10H2,(H,17,18);1H. The van der Waals surface area contributed by atoms with Crippen LogP contribution in [0.25, 0.3) is 0 Å². The van der Waals surface area contributed by atoms with Gasteiger partial charge in [0.1, 0.15) is 6.10 Å². The third kappa shape index (κ3) is 3.32. The van der Waals surface area contributed by atoms with Crippen LogP contribution in [0.2, 0.25) is 0 Å². The molecule has 3 rings (SSSR count). The van der Waals surface area contributed by atoms with Gasteiger partial charge >= 0.3 is 0 Å².